The predicted molar refractivity (Wildman–Crippen MR) is 146 cm³/mol. The Morgan fingerprint density at radius 3 is 2.70 bits per heavy atom. The lowest BCUT2D eigenvalue weighted by Crippen LogP contribution is -2.37. The van der Waals surface area contributed by atoms with E-state index in [2.05, 4.69) is 30.9 Å². The quantitative estimate of drug-likeness (QED) is 0.281. The van der Waals surface area contributed by atoms with Crippen molar-refractivity contribution < 1.29 is 27.9 Å². The van der Waals surface area contributed by atoms with Gasteiger partial charge in [0.15, 0.2) is 5.58 Å². The number of guanidine groups is 1. The summed E-state index contributed by atoms with van der Waals surface area (Å²) in [4.78, 5) is 38.6. The number of allylic oxidation sites excluding steroid dienone is 1. The molecule has 0 saturated heterocycles. The largest absolute Gasteiger partial charge is 0.497 e. The number of pyridine rings is 1. The topological polar surface area (TPSA) is 140 Å². The van der Waals surface area contributed by atoms with Crippen molar-refractivity contribution in [1.29, 1.82) is 0 Å². The molecule has 5 rings (SSSR count). The van der Waals surface area contributed by atoms with Gasteiger partial charge in [0.05, 0.1) is 25.4 Å². The number of aliphatic imine (C=N–C) groups is 1. The molecule has 2 aromatic carbocycles. The minimum Gasteiger partial charge on any atom is -0.497 e. The second-order valence-electron chi connectivity index (χ2n) is 8.56. The van der Waals surface area contributed by atoms with Crippen molar-refractivity contribution in [2.75, 3.05) is 24.9 Å². The van der Waals surface area contributed by atoms with Crippen molar-refractivity contribution in [2.24, 2.45) is 4.99 Å². The van der Waals surface area contributed by atoms with E-state index in [0.717, 1.165) is 0 Å². The van der Waals surface area contributed by atoms with E-state index >= 15 is 0 Å². The monoisotopic (exact) mass is 564 g/mol. The number of hydrogen-bond donors (Lipinski definition) is 3. The third kappa shape index (κ3) is 5.43. The fraction of sp³-hybridized carbons (Fsp3) is 0.148. The van der Waals surface area contributed by atoms with Gasteiger partial charge >= 0.3 is 12.0 Å². The van der Waals surface area contributed by atoms with Crippen LogP contribution in [0.2, 0.25) is 5.02 Å². The van der Waals surface area contributed by atoms with Gasteiger partial charge in [0.25, 0.3) is 5.91 Å². The fourth-order valence-corrected chi connectivity index (χ4v) is 4.37. The molecule has 1 atom stereocenters. The number of hydrogen-bond acceptors (Lipinski definition) is 10. The molecule has 1 aliphatic heterocycles. The van der Waals surface area contributed by atoms with E-state index in [1.807, 2.05) is 0 Å². The maximum absolute atomic E-state index is 13.6. The summed E-state index contributed by atoms with van der Waals surface area (Å²) >= 11 is 6.59. The van der Waals surface area contributed by atoms with Crippen molar-refractivity contribution in [3.05, 3.63) is 88.0 Å². The molecule has 11 nitrogen and oxygen atoms in total. The van der Waals surface area contributed by atoms with E-state index in [9.17, 15) is 14.0 Å². The Balaban J connectivity index is 1.49. The van der Waals surface area contributed by atoms with Gasteiger partial charge in [0, 0.05) is 28.5 Å². The second-order valence-corrected chi connectivity index (χ2v) is 8.97. The van der Waals surface area contributed by atoms with Crippen LogP contribution in [0.15, 0.2) is 75.4 Å². The Morgan fingerprint density at radius 1 is 1.12 bits per heavy atom. The zero-order valence-electron chi connectivity index (χ0n) is 21.4. The number of fused-ring (bicyclic) bond motifs is 1. The van der Waals surface area contributed by atoms with Gasteiger partial charge in [-0.25, -0.2) is 19.2 Å². The number of esters is 1. The van der Waals surface area contributed by atoms with E-state index in [1.54, 1.807) is 25.1 Å². The third-order valence-electron chi connectivity index (χ3n) is 5.99. The minimum absolute atomic E-state index is 0.0657. The molecule has 0 bridgehead atoms. The summed E-state index contributed by atoms with van der Waals surface area (Å²) in [6.45, 7) is 1.69. The number of aromatic nitrogens is 2. The number of rotatable bonds is 6. The first-order valence-electron chi connectivity index (χ1n) is 11.8. The van der Waals surface area contributed by atoms with Crippen molar-refractivity contribution in [3.8, 4) is 5.75 Å². The lowest BCUT2D eigenvalue weighted by atomic mass is 9.95. The number of nitrogens with one attached hydrogen (secondary N) is 3. The summed E-state index contributed by atoms with van der Waals surface area (Å²) in [7, 11) is 2.77. The van der Waals surface area contributed by atoms with E-state index in [-0.39, 0.29) is 34.5 Å². The molecular formula is C27H22ClFN6O5. The molecule has 40 heavy (non-hydrogen) atoms. The molecule has 0 aliphatic carbocycles. The number of anilines is 2. The molecule has 1 aliphatic rings. The van der Waals surface area contributed by atoms with Crippen LogP contribution >= 0.6 is 11.6 Å². The highest BCUT2D eigenvalue weighted by Gasteiger charge is 2.31. The number of halogens is 2. The Labute approximate surface area is 232 Å². The summed E-state index contributed by atoms with van der Waals surface area (Å²) in [6, 6.07) is 11.1. The highest BCUT2D eigenvalue weighted by Crippen LogP contribution is 2.37. The standard InChI is InChI=1S/C27H22ClFN6O5/c1-13-22(24(36)33-21-10-14(8-9-30-21)25(37)39-3)23(17-6-5-16(38-2)12-18(17)28)34-26(31-13)35-27-32-19-7-4-15(29)11-20(19)40-27/h4-12,23H,1-3H3,(H,30,33,36)(H2,31,32,34,35)/t23-/m0/s1. The molecule has 4 aromatic rings. The molecule has 3 N–H and O–H groups in total. The molecule has 0 saturated carbocycles. The van der Waals surface area contributed by atoms with Crippen LogP contribution in [0.5, 0.6) is 5.75 Å². The van der Waals surface area contributed by atoms with Crippen LogP contribution in [0.1, 0.15) is 28.9 Å². The van der Waals surface area contributed by atoms with Gasteiger partial charge in [-0.3, -0.25) is 10.1 Å². The molecule has 13 heteroatoms. The number of amides is 1. The lowest BCUT2D eigenvalue weighted by Gasteiger charge is -2.27. The van der Waals surface area contributed by atoms with Crippen molar-refractivity contribution in [2.45, 2.75) is 13.0 Å². The smallest absolute Gasteiger partial charge is 0.338 e. The van der Waals surface area contributed by atoms with Gasteiger partial charge in [0.1, 0.15) is 28.9 Å². The normalized spacial score (nSPS) is 14.8. The number of benzene rings is 2. The third-order valence-corrected chi connectivity index (χ3v) is 6.31. The van der Waals surface area contributed by atoms with Crippen LogP contribution in [0.3, 0.4) is 0 Å². The molecule has 0 radical (unpaired) electrons. The first-order chi connectivity index (χ1) is 19.2. The van der Waals surface area contributed by atoms with Crippen LogP contribution < -0.4 is 20.7 Å². The van der Waals surface area contributed by atoms with E-state index in [4.69, 9.17) is 25.5 Å². The molecule has 3 heterocycles. The van der Waals surface area contributed by atoms with E-state index in [1.165, 1.54) is 50.7 Å². The SMILES string of the molecule is COC(=O)c1ccnc(NC(=O)C2=C(C)NC(Nc3nc4ccc(F)cc4o3)=N[C@H]2c2ccc(OC)cc2Cl)c1. The molecular weight excluding hydrogens is 543 g/mol. The molecule has 0 spiro atoms. The highest BCUT2D eigenvalue weighted by atomic mass is 35.5. The number of methoxy groups -OCH3 is 2. The van der Waals surface area contributed by atoms with Gasteiger partial charge in [0.2, 0.25) is 5.96 Å². The maximum Gasteiger partial charge on any atom is 0.338 e. The summed E-state index contributed by atoms with van der Waals surface area (Å²) in [5, 5.41) is 9.00. The summed E-state index contributed by atoms with van der Waals surface area (Å²) in [6.07, 6.45) is 1.38. The zero-order valence-corrected chi connectivity index (χ0v) is 22.2. The van der Waals surface area contributed by atoms with E-state index < -0.39 is 23.7 Å². The Bertz CT molecular complexity index is 1700. The lowest BCUT2D eigenvalue weighted by molar-refractivity contribution is -0.113. The van der Waals surface area contributed by atoms with Gasteiger partial charge in [-0.05, 0) is 43.3 Å². The Morgan fingerprint density at radius 2 is 1.95 bits per heavy atom. The van der Waals surface area contributed by atoms with Crippen LogP contribution in [0.4, 0.5) is 16.2 Å². The summed E-state index contributed by atoms with van der Waals surface area (Å²) < 4.78 is 29.2. The number of carbonyl (C=O) groups is 2. The second kappa shape index (κ2) is 11.0. The number of ether oxygens (including phenoxy) is 2. The molecule has 2 aromatic heterocycles. The molecule has 1 amide bonds. The van der Waals surface area contributed by atoms with Gasteiger partial charge < -0.3 is 24.5 Å². The molecule has 204 valence electrons. The van der Waals surface area contributed by atoms with Crippen molar-refractivity contribution in [1.82, 2.24) is 15.3 Å². The number of nitrogens with zero attached hydrogens (tertiary/aromatic N) is 3. The molecule has 0 fully saturated rings. The van der Waals surface area contributed by atoms with Crippen LogP contribution in [0, 0.1) is 5.82 Å². The Kier molecular flexibility index (Phi) is 7.34. The van der Waals surface area contributed by atoms with Gasteiger partial charge in [-0.1, -0.05) is 17.7 Å². The van der Waals surface area contributed by atoms with Crippen LogP contribution in [0.25, 0.3) is 11.1 Å². The average Bonchev–Trinajstić information content (AvgIpc) is 3.33. The summed E-state index contributed by atoms with van der Waals surface area (Å²) in [5.74, 6) is -0.685. The van der Waals surface area contributed by atoms with Crippen LogP contribution in [-0.2, 0) is 9.53 Å². The van der Waals surface area contributed by atoms with E-state index in [0.29, 0.717) is 27.5 Å². The Hall–Kier alpha value is -4.97. The number of carbonyl (C=O) groups excluding carboxylic acids is 2. The van der Waals surface area contributed by atoms with Crippen molar-refractivity contribution >= 4 is 52.4 Å². The van der Waals surface area contributed by atoms with Crippen LogP contribution in [-0.4, -0.2) is 42.0 Å². The number of oxazole rings is 1. The highest BCUT2D eigenvalue weighted by molar-refractivity contribution is 6.31. The van der Waals surface area contributed by atoms with Gasteiger partial charge in [-0.15, -0.1) is 0 Å². The van der Waals surface area contributed by atoms with Crippen molar-refractivity contribution in [3.63, 3.8) is 0 Å². The summed E-state index contributed by atoms with van der Waals surface area (Å²) in [5.41, 5.74) is 2.12. The maximum atomic E-state index is 13.6. The van der Waals surface area contributed by atoms with Gasteiger partial charge in [-0.2, -0.15) is 4.98 Å². The first-order valence-corrected chi connectivity index (χ1v) is 12.2. The predicted octanol–water partition coefficient (Wildman–Crippen LogP) is 4.84. The fourth-order valence-electron chi connectivity index (χ4n) is 4.10. The first kappa shape index (κ1) is 26.6. The molecule has 0 unspecified atom stereocenters. The minimum atomic E-state index is -0.882. The average molecular weight is 565 g/mol. The zero-order chi connectivity index (χ0) is 28.4.